The Morgan fingerprint density at radius 3 is 1.53 bits per heavy atom. The molecule has 0 saturated heterocycles. The van der Waals surface area contributed by atoms with Crippen molar-refractivity contribution in [2.75, 3.05) is 40.9 Å². The Labute approximate surface area is 394 Å². The van der Waals surface area contributed by atoms with Crippen LogP contribution in [0.1, 0.15) is 220 Å². The molecule has 0 radical (unpaired) electrons. The van der Waals surface area contributed by atoms with Gasteiger partial charge in [0.25, 0.3) is 7.82 Å². The van der Waals surface area contributed by atoms with E-state index in [4.69, 9.17) is 13.8 Å². The van der Waals surface area contributed by atoms with E-state index in [2.05, 4.69) is 74.7 Å². The Balaban J connectivity index is 5.48. The Bertz CT molecular complexity index is 1290. The van der Waals surface area contributed by atoms with Gasteiger partial charge in [0.05, 0.1) is 33.8 Å². The molecule has 0 aliphatic rings. The minimum atomic E-state index is -4.70. The summed E-state index contributed by atoms with van der Waals surface area (Å²) in [4.78, 5) is 39.6. The third-order valence-electron chi connectivity index (χ3n) is 11.2. The number of phosphoric ester groups is 1. The zero-order chi connectivity index (χ0) is 47.3. The van der Waals surface area contributed by atoms with Gasteiger partial charge in [-0.2, -0.15) is 0 Å². The number of rotatable bonds is 46. The predicted molar refractivity (Wildman–Crippen MR) is 270 cm³/mol. The molecule has 0 bridgehead atoms. The van der Waals surface area contributed by atoms with E-state index in [9.17, 15) is 19.0 Å². The molecule has 0 aliphatic heterocycles. The largest absolute Gasteiger partial charge is 0.756 e. The molecule has 0 aliphatic carbocycles. The molecule has 1 amide bonds. The molecule has 9 nitrogen and oxygen atoms in total. The number of ether oxygens (including phenoxy) is 1. The van der Waals surface area contributed by atoms with Crippen LogP contribution in [-0.4, -0.2) is 69.4 Å². The van der Waals surface area contributed by atoms with Crippen LogP contribution in [0.25, 0.3) is 0 Å². The lowest BCUT2D eigenvalue weighted by atomic mass is 10.1. The summed E-state index contributed by atoms with van der Waals surface area (Å²) in [5.41, 5.74) is 0. The molecule has 372 valence electrons. The lowest BCUT2D eigenvalue weighted by Gasteiger charge is -2.30. The van der Waals surface area contributed by atoms with Crippen LogP contribution in [0.4, 0.5) is 0 Å². The van der Waals surface area contributed by atoms with Gasteiger partial charge < -0.3 is 28.5 Å². The zero-order valence-electron chi connectivity index (χ0n) is 42.2. The molecule has 0 rings (SSSR count). The fourth-order valence-corrected chi connectivity index (χ4v) is 7.84. The Morgan fingerprint density at radius 1 is 0.562 bits per heavy atom. The highest BCUT2D eigenvalue weighted by Crippen LogP contribution is 2.38. The van der Waals surface area contributed by atoms with E-state index in [0.29, 0.717) is 23.9 Å². The lowest BCUT2D eigenvalue weighted by molar-refractivity contribution is -0.870. The molecule has 0 aromatic heterocycles. The van der Waals surface area contributed by atoms with E-state index in [1.807, 2.05) is 33.3 Å². The quantitative estimate of drug-likeness (QED) is 0.0213. The number of amides is 1. The molecule has 0 aromatic carbocycles. The summed E-state index contributed by atoms with van der Waals surface area (Å²) in [6.45, 7) is 6.66. The van der Waals surface area contributed by atoms with Crippen molar-refractivity contribution >= 4 is 19.7 Å². The Hall–Kier alpha value is -2.29. The van der Waals surface area contributed by atoms with Gasteiger partial charge in [0.15, 0.2) is 0 Å². The van der Waals surface area contributed by atoms with Crippen molar-refractivity contribution in [2.45, 2.75) is 232 Å². The van der Waals surface area contributed by atoms with Crippen molar-refractivity contribution < 1.29 is 37.3 Å². The van der Waals surface area contributed by atoms with Crippen molar-refractivity contribution in [3.8, 4) is 0 Å². The third-order valence-corrected chi connectivity index (χ3v) is 12.1. The van der Waals surface area contributed by atoms with Gasteiger partial charge in [0, 0.05) is 12.8 Å². The summed E-state index contributed by atoms with van der Waals surface area (Å²) >= 11 is 0. The number of allylic oxidation sites excluding steroid dienone is 9. The fraction of sp³-hybridized carbons (Fsp3) is 0.778. The van der Waals surface area contributed by atoms with E-state index in [0.717, 1.165) is 89.9 Å². The van der Waals surface area contributed by atoms with Crippen LogP contribution in [0.5, 0.6) is 0 Å². The maximum atomic E-state index is 13.4. The van der Waals surface area contributed by atoms with E-state index in [1.54, 1.807) is 0 Å². The minimum absolute atomic E-state index is 0.0307. The van der Waals surface area contributed by atoms with Gasteiger partial charge >= 0.3 is 5.97 Å². The van der Waals surface area contributed by atoms with Crippen molar-refractivity contribution in [1.82, 2.24) is 5.32 Å². The number of unbranched alkanes of at least 4 members (excludes halogenated alkanes) is 22. The first-order chi connectivity index (χ1) is 30.9. The molecule has 3 atom stereocenters. The second-order valence-corrected chi connectivity index (χ2v) is 20.0. The molecule has 3 unspecified atom stereocenters. The first-order valence-corrected chi connectivity index (χ1v) is 27.6. The topological polar surface area (TPSA) is 114 Å². The number of carbonyl (C=O) groups excluding carboxylic acids is 2. The van der Waals surface area contributed by atoms with E-state index < -0.39 is 26.6 Å². The Kier molecular flexibility index (Phi) is 42.9. The van der Waals surface area contributed by atoms with Crippen molar-refractivity contribution in [1.29, 1.82) is 0 Å². The van der Waals surface area contributed by atoms with Gasteiger partial charge in [-0.25, -0.2) is 0 Å². The number of likely N-dealkylation sites (N-methyl/N-ethyl adjacent to an activating group) is 1. The number of carbonyl (C=O) groups is 2. The van der Waals surface area contributed by atoms with E-state index in [-0.39, 0.29) is 31.3 Å². The predicted octanol–water partition coefficient (Wildman–Crippen LogP) is 14.5. The van der Waals surface area contributed by atoms with Gasteiger partial charge in [-0.05, 0) is 89.5 Å². The normalized spacial score (nSPS) is 14.4. The second-order valence-electron chi connectivity index (χ2n) is 18.6. The molecule has 10 heteroatoms. The number of hydrogen-bond donors (Lipinski definition) is 1. The van der Waals surface area contributed by atoms with Crippen molar-refractivity contribution in [2.24, 2.45) is 0 Å². The summed E-state index contributed by atoms with van der Waals surface area (Å²) in [5, 5.41) is 2.99. The van der Waals surface area contributed by atoms with Crippen LogP contribution in [0.15, 0.2) is 60.8 Å². The summed E-state index contributed by atoms with van der Waals surface area (Å²) < 4.78 is 30.1. The zero-order valence-corrected chi connectivity index (χ0v) is 43.1. The minimum Gasteiger partial charge on any atom is -0.756 e. The molecule has 0 heterocycles. The highest BCUT2D eigenvalue weighted by Gasteiger charge is 2.27. The van der Waals surface area contributed by atoms with Gasteiger partial charge in [0.1, 0.15) is 19.3 Å². The summed E-state index contributed by atoms with van der Waals surface area (Å²) in [6, 6.07) is -0.904. The number of hydrogen-bond acceptors (Lipinski definition) is 7. The van der Waals surface area contributed by atoms with Gasteiger partial charge in [-0.3, -0.25) is 14.2 Å². The number of nitrogens with one attached hydrogen (secondary N) is 1. The smallest absolute Gasteiger partial charge is 0.306 e. The first-order valence-electron chi connectivity index (χ1n) is 26.1. The molecule has 0 spiro atoms. The molecule has 0 saturated carbocycles. The second kappa shape index (κ2) is 44.5. The third kappa shape index (κ3) is 44.9. The Morgan fingerprint density at radius 2 is 1.00 bits per heavy atom. The number of quaternary nitrogens is 1. The van der Waals surface area contributed by atoms with Crippen LogP contribution in [0.3, 0.4) is 0 Å². The van der Waals surface area contributed by atoms with Crippen LogP contribution < -0.4 is 10.2 Å². The van der Waals surface area contributed by atoms with Crippen LogP contribution >= 0.6 is 7.82 Å². The van der Waals surface area contributed by atoms with Gasteiger partial charge in [0.2, 0.25) is 5.91 Å². The monoisotopic (exact) mass is 919 g/mol. The van der Waals surface area contributed by atoms with Crippen LogP contribution in [0, 0.1) is 0 Å². The van der Waals surface area contributed by atoms with E-state index >= 15 is 0 Å². The maximum Gasteiger partial charge on any atom is 0.306 e. The summed E-state index contributed by atoms with van der Waals surface area (Å²) in [5.74, 6) is -0.590. The average molecular weight is 919 g/mol. The van der Waals surface area contributed by atoms with Crippen molar-refractivity contribution in [3.05, 3.63) is 60.8 Å². The standard InChI is InChI=1S/C54H99N2O7P/c1-7-10-13-16-19-22-25-27-29-31-34-37-40-43-46-53(57)55-51(50-62-64(59,60)61-49-48-56(4,5)6)52(45-42-39-36-33-30-24-21-18-15-12-9-3)63-54(58)47-44-41-38-35-32-28-26-23-20-17-14-11-8-2/h10,13,19,22,27-29,32,42,45,51-52H,7-9,11-12,14-18,20-21,23-26,30-31,33-41,43-44,46-50H2,1-6H3,(H-,55,57,59,60)/b13-10+,22-19+,29-27+,32-28-,45-42+. The highest BCUT2D eigenvalue weighted by molar-refractivity contribution is 7.45. The molecule has 64 heavy (non-hydrogen) atoms. The first kappa shape index (κ1) is 61.7. The summed E-state index contributed by atoms with van der Waals surface area (Å²) in [6.07, 6.45) is 53.3. The van der Waals surface area contributed by atoms with E-state index in [1.165, 1.54) is 83.5 Å². The molecule has 0 aromatic rings. The summed E-state index contributed by atoms with van der Waals surface area (Å²) in [7, 11) is 1.15. The average Bonchev–Trinajstić information content (AvgIpc) is 3.25. The maximum absolute atomic E-state index is 13.4. The van der Waals surface area contributed by atoms with Crippen LogP contribution in [-0.2, 0) is 27.9 Å². The van der Waals surface area contributed by atoms with Gasteiger partial charge in [-0.1, -0.05) is 178 Å². The SMILES string of the molecule is CC/C=C/C/C=C/C/C=C/CCCCCCC(=O)NC(COP(=O)([O-])OCC[N+](C)(C)C)C(/C=C/CCCCCCCCCCC)OC(=O)CCCCC/C=C\CCCCCCCC. The molecular weight excluding hydrogens is 820 g/mol. The highest BCUT2D eigenvalue weighted by atomic mass is 31.2. The molecule has 0 fully saturated rings. The van der Waals surface area contributed by atoms with Crippen LogP contribution in [0.2, 0.25) is 0 Å². The fourth-order valence-electron chi connectivity index (χ4n) is 7.12. The lowest BCUT2D eigenvalue weighted by Crippen LogP contribution is -2.47. The van der Waals surface area contributed by atoms with Crippen molar-refractivity contribution in [3.63, 3.8) is 0 Å². The number of nitrogens with zero attached hydrogens (tertiary/aromatic N) is 1. The number of esters is 1. The number of phosphoric acid groups is 1. The molecule has 1 N–H and O–H groups in total. The molecular formula is C54H99N2O7P. The van der Waals surface area contributed by atoms with Gasteiger partial charge in [-0.15, -0.1) is 0 Å².